The highest BCUT2D eigenvalue weighted by molar-refractivity contribution is 7.99. The number of rotatable bonds is 7. The van der Waals surface area contributed by atoms with Crippen molar-refractivity contribution in [3.63, 3.8) is 0 Å². The summed E-state index contributed by atoms with van der Waals surface area (Å²) in [6.45, 7) is 3.59. The lowest BCUT2D eigenvalue weighted by molar-refractivity contribution is -0.144. The number of esters is 1. The number of hydrogen-bond acceptors (Lipinski definition) is 8. The van der Waals surface area contributed by atoms with Crippen molar-refractivity contribution in [2.75, 3.05) is 25.8 Å². The van der Waals surface area contributed by atoms with Crippen LogP contribution in [0.5, 0.6) is 11.5 Å². The molecule has 24 heavy (non-hydrogen) atoms. The van der Waals surface area contributed by atoms with Gasteiger partial charge in [0.1, 0.15) is 0 Å². The van der Waals surface area contributed by atoms with E-state index in [1.54, 1.807) is 46.3 Å². The summed E-state index contributed by atoms with van der Waals surface area (Å²) in [6.07, 6.45) is -0.156. The van der Waals surface area contributed by atoms with Gasteiger partial charge in [0.15, 0.2) is 17.3 Å². The fraction of sp³-hybridized carbons (Fsp3) is 0.400. The summed E-state index contributed by atoms with van der Waals surface area (Å²) in [5.41, 5.74) is 0.722. The Hall–Kier alpha value is -2.42. The SMILES string of the molecule is COc1ccc(-c2nnc(SCC(=O)OC(C)C)n2N)cc1OC. The van der Waals surface area contributed by atoms with Gasteiger partial charge in [0.25, 0.3) is 0 Å². The van der Waals surface area contributed by atoms with Gasteiger partial charge in [-0.15, -0.1) is 10.2 Å². The van der Waals surface area contributed by atoms with E-state index in [1.165, 1.54) is 4.68 Å². The van der Waals surface area contributed by atoms with Gasteiger partial charge in [-0.3, -0.25) is 4.79 Å². The summed E-state index contributed by atoms with van der Waals surface area (Å²) < 4.78 is 16.9. The molecule has 1 heterocycles. The number of aromatic nitrogens is 3. The predicted octanol–water partition coefficient (Wildman–Crippen LogP) is 1.72. The lowest BCUT2D eigenvalue weighted by atomic mass is 10.2. The van der Waals surface area contributed by atoms with Crippen LogP contribution in [-0.2, 0) is 9.53 Å². The van der Waals surface area contributed by atoms with Crippen LogP contribution >= 0.6 is 11.8 Å². The van der Waals surface area contributed by atoms with Gasteiger partial charge in [-0.25, -0.2) is 4.68 Å². The molecule has 0 amide bonds. The lowest BCUT2D eigenvalue weighted by Gasteiger charge is -2.09. The van der Waals surface area contributed by atoms with E-state index >= 15 is 0 Å². The molecule has 0 aliphatic heterocycles. The Morgan fingerprint density at radius 3 is 2.58 bits per heavy atom. The molecular formula is C15H20N4O4S. The van der Waals surface area contributed by atoms with Crippen LogP contribution in [0.1, 0.15) is 13.8 Å². The third-order valence-electron chi connectivity index (χ3n) is 2.99. The van der Waals surface area contributed by atoms with Crippen molar-refractivity contribution in [3.05, 3.63) is 18.2 Å². The van der Waals surface area contributed by atoms with Gasteiger partial charge in [-0.05, 0) is 32.0 Å². The Morgan fingerprint density at radius 2 is 1.96 bits per heavy atom. The quantitative estimate of drug-likeness (QED) is 0.457. The lowest BCUT2D eigenvalue weighted by Crippen LogP contribution is -2.15. The summed E-state index contributed by atoms with van der Waals surface area (Å²) in [4.78, 5) is 11.6. The highest BCUT2D eigenvalue weighted by atomic mass is 32.2. The smallest absolute Gasteiger partial charge is 0.316 e. The average Bonchev–Trinajstić information content (AvgIpc) is 2.92. The number of nitrogens with zero attached hydrogens (tertiary/aromatic N) is 3. The predicted molar refractivity (Wildman–Crippen MR) is 90.7 cm³/mol. The molecule has 0 saturated carbocycles. The molecule has 1 aromatic carbocycles. The molecule has 1 aromatic heterocycles. The summed E-state index contributed by atoms with van der Waals surface area (Å²) in [5.74, 6) is 7.44. The van der Waals surface area contributed by atoms with Gasteiger partial charge >= 0.3 is 5.97 Å². The first kappa shape index (κ1) is 17.9. The van der Waals surface area contributed by atoms with E-state index < -0.39 is 0 Å². The zero-order valence-electron chi connectivity index (χ0n) is 14.0. The third kappa shape index (κ3) is 4.10. The van der Waals surface area contributed by atoms with Crippen molar-refractivity contribution in [1.29, 1.82) is 0 Å². The van der Waals surface area contributed by atoms with E-state index in [0.717, 1.165) is 17.3 Å². The molecule has 2 rings (SSSR count). The Labute approximate surface area is 144 Å². The first-order valence-corrected chi connectivity index (χ1v) is 8.20. The van der Waals surface area contributed by atoms with Gasteiger partial charge in [0.2, 0.25) is 5.16 Å². The Balaban J connectivity index is 2.16. The molecule has 0 unspecified atom stereocenters. The van der Waals surface area contributed by atoms with Crippen molar-refractivity contribution in [3.8, 4) is 22.9 Å². The van der Waals surface area contributed by atoms with Crippen LogP contribution in [0, 0.1) is 0 Å². The average molecular weight is 352 g/mol. The fourth-order valence-electron chi connectivity index (χ4n) is 1.97. The molecular weight excluding hydrogens is 332 g/mol. The van der Waals surface area contributed by atoms with Crippen LogP contribution in [0.4, 0.5) is 0 Å². The largest absolute Gasteiger partial charge is 0.493 e. The normalized spacial score (nSPS) is 10.7. The van der Waals surface area contributed by atoms with E-state index in [9.17, 15) is 4.79 Å². The monoisotopic (exact) mass is 352 g/mol. The number of carbonyl (C=O) groups excluding carboxylic acids is 1. The van der Waals surface area contributed by atoms with Crippen LogP contribution in [0.3, 0.4) is 0 Å². The summed E-state index contributed by atoms with van der Waals surface area (Å²) >= 11 is 1.16. The van der Waals surface area contributed by atoms with Crippen molar-refractivity contribution in [2.24, 2.45) is 0 Å². The number of ether oxygens (including phenoxy) is 3. The molecule has 0 saturated heterocycles. The Bertz CT molecular complexity index is 717. The molecule has 0 fully saturated rings. The van der Waals surface area contributed by atoms with Crippen molar-refractivity contribution in [1.82, 2.24) is 14.9 Å². The number of benzene rings is 1. The molecule has 9 heteroatoms. The number of thioether (sulfide) groups is 1. The number of nitrogen functional groups attached to an aromatic ring is 1. The highest BCUT2D eigenvalue weighted by Crippen LogP contribution is 2.32. The van der Waals surface area contributed by atoms with E-state index in [-0.39, 0.29) is 17.8 Å². The van der Waals surface area contributed by atoms with Gasteiger partial charge in [0, 0.05) is 5.56 Å². The third-order valence-corrected chi connectivity index (χ3v) is 3.91. The van der Waals surface area contributed by atoms with Crippen LogP contribution in [0.15, 0.2) is 23.4 Å². The maximum atomic E-state index is 11.6. The Morgan fingerprint density at radius 1 is 1.25 bits per heavy atom. The topological polar surface area (TPSA) is 101 Å². The minimum absolute atomic E-state index is 0.111. The van der Waals surface area contributed by atoms with Crippen LogP contribution in [0.2, 0.25) is 0 Å². The summed E-state index contributed by atoms with van der Waals surface area (Å²) in [6, 6.07) is 5.32. The first-order chi connectivity index (χ1) is 11.5. The van der Waals surface area contributed by atoms with Gasteiger partial charge in [-0.2, -0.15) is 0 Å². The molecule has 0 aliphatic rings. The zero-order valence-corrected chi connectivity index (χ0v) is 14.8. The second-order valence-electron chi connectivity index (χ2n) is 5.07. The van der Waals surface area contributed by atoms with E-state index in [0.29, 0.717) is 22.5 Å². The van der Waals surface area contributed by atoms with Crippen molar-refractivity contribution >= 4 is 17.7 Å². The maximum Gasteiger partial charge on any atom is 0.316 e. The van der Waals surface area contributed by atoms with Gasteiger partial charge in [-0.1, -0.05) is 11.8 Å². The second kappa shape index (κ2) is 7.91. The van der Waals surface area contributed by atoms with Crippen LogP contribution in [0.25, 0.3) is 11.4 Å². The molecule has 0 aliphatic carbocycles. The standard InChI is InChI=1S/C15H20N4O4S/c1-9(2)23-13(20)8-24-15-18-17-14(19(15)16)10-5-6-11(21-3)12(7-10)22-4/h5-7,9H,8,16H2,1-4H3. The molecule has 2 N–H and O–H groups in total. The zero-order chi connectivity index (χ0) is 17.7. The van der Waals surface area contributed by atoms with Crippen molar-refractivity contribution < 1.29 is 19.0 Å². The molecule has 0 bridgehead atoms. The molecule has 8 nitrogen and oxygen atoms in total. The number of methoxy groups -OCH3 is 2. The maximum absolute atomic E-state index is 11.6. The van der Waals surface area contributed by atoms with E-state index in [4.69, 9.17) is 20.1 Å². The number of hydrogen-bond donors (Lipinski definition) is 1. The number of carbonyl (C=O) groups is 1. The summed E-state index contributed by atoms with van der Waals surface area (Å²) in [7, 11) is 3.12. The molecule has 2 aromatic rings. The fourth-order valence-corrected chi connectivity index (χ4v) is 2.61. The van der Waals surface area contributed by atoms with Crippen molar-refractivity contribution in [2.45, 2.75) is 25.1 Å². The van der Waals surface area contributed by atoms with Crippen LogP contribution in [-0.4, -0.2) is 46.9 Å². The Kier molecular flexibility index (Phi) is 5.91. The first-order valence-electron chi connectivity index (χ1n) is 7.21. The molecule has 0 spiro atoms. The molecule has 130 valence electrons. The second-order valence-corrected chi connectivity index (χ2v) is 6.02. The highest BCUT2D eigenvalue weighted by Gasteiger charge is 2.16. The number of nitrogens with two attached hydrogens (primary N) is 1. The van der Waals surface area contributed by atoms with E-state index in [1.807, 2.05) is 0 Å². The summed E-state index contributed by atoms with van der Waals surface area (Å²) in [5, 5.41) is 8.50. The van der Waals surface area contributed by atoms with Gasteiger partial charge < -0.3 is 20.1 Å². The minimum Gasteiger partial charge on any atom is -0.493 e. The van der Waals surface area contributed by atoms with Crippen LogP contribution < -0.4 is 15.3 Å². The minimum atomic E-state index is -0.328. The van der Waals surface area contributed by atoms with Gasteiger partial charge in [0.05, 0.1) is 26.1 Å². The van der Waals surface area contributed by atoms with E-state index in [2.05, 4.69) is 10.2 Å². The molecule has 0 radical (unpaired) electrons. The molecule has 0 atom stereocenters.